The molecule has 0 saturated heterocycles. The van der Waals surface area contributed by atoms with Crippen LogP contribution in [0, 0.1) is 21.4 Å². The molecule has 102 valence electrons. The topological polar surface area (TPSA) is 104 Å². The quantitative estimate of drug-likeness (QED) is 0.361. The van der Waals surface area contributed by atoms with Gasteiger partial charge < -0.3 is 0 Å². The Labute approximate surface area is 118 Å². The summed E-state index contributed by atoms with van der Waals surface area (Å²) in [5, 5.41) is 20.5. The van der Waals surface area contributed by atoms with E-state index in [1.807, 2.05) is 0 Å². The van der Waals surface area contributed by atoms with Gasteiger partial charge in [0.2, 0.25) is 0 Å². The van der Waals surface area contributed by atoms with Crippen LogP contribution < -0.4 is 0 Å². The summed E-state index contributed by atoms with van der Waals surface area (Å²) in [5.41, 5.74) is 0.117. The smallest absolute Gasteiger partial charge is 0.269 e. The summed E-state index contributed by atoms with van der Waals surface area (Å²) in [6.07, 6.45) is 0. The normalized spacial score (nSPS) is 13.4. The molecule has 7 nitrogen and oxygen atoms in total. The predicted octanol–water partition coefficient (Wildman–Crippen LogP) is 1.87. The maximum atomic E-state index is 12.3. The van der Waals surface area contributed by atoms with Crippen molar-refractivity contribution < 1.29 is 14.5 Å². The van der Waals surface area contributed by atoms with Crippen molar-refractivity contribution in [2.45, 2.75) is 0 Å². The van der Waals surface area contributed by atoms with Crippen molar-refractivity contribution in [2.24, 2.45) is 0 Å². The van der Waals surface area contributed by atoms with Crippen LogP contribution in [-0.4, -0.2) is 28.2 Å². The number of nitro groups is 1. The Morgan fingerprint density at radius 2 is 1.90 bits per heavy atom. The van der Waals surface area contributed by atoms with Crippen LogP contribution in [0.5, 0.6) is 0 Å². The average molecular weight is 281 g/mol. The first kappa shape index (κ1) is 12.7. The molecule has 0 radical (unpaired) electrons. The number of benzene rings is 2. The minimum Gasteiger partial charge on any atom is -0.269 e. The molecule has 0 N–H and O–H groups in total. The number of imide groups is 1. The van der Waals surface area contributed by atoms with E-state index < -0.39 is 23.3 Å². The average Bonchev–Trinajstić information content (AvgIpc) is 2.48. The highest BCUT2D eigenvalue weighted by Crippen LogP contribution is 2.33. The Bertz CT molecular complexity index is 866. The van der Waals surface area contributed by atoms with Crippen molar-refractivity contribution in [1.82, 2.24) is 4.90 Å². The molecule has 1 aliphatic heterocycles. The lowest BCUT2D eigenvalue weighted by molar-refractivity contribution is -0.384. The summed E-state index contributed by atoms with van der Waals surface area (Å²) in [6.45, 7) is -0.393. The highest BCUT2D eigenvalue weighted by atomic mass is 16.6. The minimum atomic E-state index is -0.686. The van der Waals surface area contributed by atoms with E-state index in [4.69, 9.17) is 5.26 Å². The second-order valence-corrected chi connectivity index (χ2v) is 4.51. The van der Waals surface area contributed by atoms with Crippen molar-refractivity contribution in [2.75, 3.05) is 6.54 Å². The van der Waals surface area contributed by atoms with E-state index in [-0.39, 0.29) is 16.8 Å². The van der Waals surface area contributed by atoms with Gasteiger partial charge in [-0.1, -0.05) is 12.1 Å². The summed E-state index contributed by atoms with van der Waals surface area (Å²) in [4.78, 5) is 35.7. The molecule has 2 aromatic rings. The largest absolute Gasteiger partial charge is 0.270 e. The van der Waals surface area contributed by atoms with Gasteiger partial charge in [0, 0.05) is 23.1 Å². The number of nitriles is 1. The molecule has 3 rings (SSSR count). The molecule has 0 saturated carbocycles. The lowest BCUT2D eigenvalue weighted by Crippen LogP contribution is -2.40. The Morgan fingerprint density at radius 3 is 2.57 bits per heavy atom. The first-order valence-corrected chi connectivity index (χ1v) is 5.99. The summed E-state index contributed by atoms with van der Waals surface area (Å²) >= 11 is 0. The number of amides is 2. The molecule has 0 unspecified atom stereocenters. The monoisotopic (exact) mass is 281 g/mol. The van der Waals surface area contributed by atoms with E-state index in [9.17, 15) is 19.7 Å². The van der Waals surface area contributed by atoms with Gasteiger partial charge in [-0.2, -0.15) is 5.26 Å². The van der Waals surface area contributed by atoms with E-state index in [0.717, 1.165) is 11.0 Å². The number of hydrogen-bond acceptors (Lipinski definition) is 5. The van der Waals surface area contributed by atoms with Crippen LogP contribution in [0.1, 0.15) is 20.7 Å². The molecule has 7 heteroatoms. The Kier molecular flexibility index (Phi) is 2.66. The van der Waals surface area contributed by atoms with Gasteiger partial charge >= 0.3 is 0 Å². The van der Waals surface area contributed by atoms with Crippen molar-refractivity contribution in [3.05, 3.63) is 51.6 Å². The summed E-state index contributed by atoms with van der Waals surface area (Å²) in [6, 6.07) is 8.95. The SMILES string of the molecule is N#CCN1C(=O)c2cccc3cc([N+](=O)[O-])cc(c23)C1=O. The second kappa shape index (κ2) is 4.38. The fourth-order valence-electron chi connectivity index (χ4n) is 2.46. The van der Waals surface area contributed by atoms with Gasteiger partial charge in [-0.3, -0.25) is 24.6 Å². The molecule has 2 amide bonds. The van der Waals surface area contributed by atoms with Crippen LogP contribution in [-0.2, 0) is 0 Å². The Hall–Kier alpha value is -3.27. The highest BCUT2D eigenvalue weighted by molar-refractivity contribution is 6.25. The third kappa shape index (κ3) is 1.74. The highest BCUT2D eigenvalue weighted by Gasteiger charge is 2.33. The van der Waals surface area contributed by atoms with Gasteiger partial charge in [0.1, 0.15) is 6.54 Å². The molecule has 2 aromatic carbocycles. The lowest BCUT2D eigenvalue weighted by Gasteiger charge is -2.24. The molecule has 0 atom stereocenters. The number of non-ortho nitro benzene ring substituents is 1. The maximum absolute atomic E-state index is 12.3. The van der Waals surface area contributed by atoms with E-state index >= 15 is 0 Å². The van der Waals surface area contributed by atoms with Crippen molar-refractivity contribution in [3.8, 4) is 6.07 Å². The first-order chi connectivity index (χ1) is 10.0. The fourth-order valence-corrected chi connectivity index (χ4v) is 2.46. The van der Waals surface area contributed by atoms with E-state index in [0.29, 0.717) is 10.8 Å². The van der Waals surface area contributed by atoms with Gasteiger partial charge in [-0.05, 0) is 11.5 Å². The molecule has 1 heterocycles. The van der Waals surface area contributed by atoms with Crippen molar-refractivity contribution >= 4 is 28.3 Å². The zero-order valence-electron chi connectivity index (χ0n) is 10.6. The number of rotatable bonds is 2. The van der Waals surface area contributed by atoms with Gasteiger partial charge in [0.15, 0.2) is 0 Å². The molecule has 1 aliphatic rings. The summed E-state index contributed by atoms with van der Waals surface area (Å²) in [5.74, 6) is -1.25. The van der Waals surface area contributed by atoms with Gasteiger partial charge in [-0.25, -0.2) is 0 Å². The fraction of sp³-hybridized carbons (Fsp3) is 0.0714. The van der Waals surface area contributed by atoms with E-state index in [1.54, 1.807) is 18.2 Å². The number of hydrogen-bond donors (Lipinski definition) is 0. The van der Waals surface area contributed by atoms with Crippen LogP contribution in [0.25, 0.3) is 10.8 Å². The standard InChI is InChI=1S/C14H7N3O4/c15-4-5-16-13(18)10-3-1-2-8-6-9(17(20)21)7-11(12(8)10)14(16)19/h1-3,6-7H,5H2. The van der Waals surface area contributed by atoms with Crippen molar-refractivity contribution in [1.29, 1.82) is 5.26 Å². The number of nitrogens with zero attached hydrogens (tertiary/aromatic N) is 3. The zero-order valence-corrected chi connectivity index (χ0v) is 10.6. The molecule has 0 bridgehead atoms. The number of nitro benzene ring substituents is 1. The summed E-state index contributed by atoms with van der Waals surface area (Å²) < 4.78 is 0. The molecular formula is C14H7N3O4. The molecule has 0 spiro atoms. The van der Waals surface area contributed by atoms with Crippen molar-refractivity contribution in [3.63, 3.8) is 0 Å². The van der Waals surface area contributed by atoms with Crippen LogP contribution in [0.4, 0.5) is 5.69 Å². The molecule has 0 aliphatic carbocycles. The first-order valence-electron chi connectivity index (χ1n) is 5.99. The molecule has 21 heavy (non-hydrogen) atoms. The minimum absolute atomic E-state index is 0.0738. The van der Waals surface area contributed by atoms with E-state index in [2.05, 4.69) is 0 Å². The van der Waals surface area contributed by atoms with E-state index in [1.165, 1.54) is 12.1 Å². The van der Waals surface area contributed by atoms with Crippen LogP contribution >= 0.6 is 0 Å². The summed E-state index contributed by atoms with van der Waals surface area (Å²) in [7, 11) is 0. The molecule has 0 aromatic heterocycles. The molecular weight excluding hydrogens is 274 g/mol. The van der Waals surface area contributed by atoms with Gasteiger partial charge in [0.25, 0.3) is 17.5 Å². The van der Waals surface area contributed by atoms with Crippen LogP contribution in [0.3, 0.4) is 0 Å². The third-order valence-electron chi connectivity index (χ3n) is 3.35. The number of carbonyl (C=O) groups is 2. The molecule has 0 fully saturated rings. The number of carbonyl (C=O) groups excluding carboxylic acids is 2. The maximum Gasteiger partial charge on any atom is 0.270 e. The van der Waals surface area contributed by atoms with Gasteiger partial charge in [0.05, 0.1) is 16.6 Å². The predicted molar refractivity (Wildman–Crippen MR) is 71.6 cm³/mol. The van der Waals surface area contributed by atoms with Crippen LogP contribution in [0.15, 0.2) is 30.3 Å². The zero-order chi connectivity index (χ0) is 15.1. The second-order valence-electron chi connectivity index (χ2n) is 4.51. The Morgan fingerprint density at radius 1 is 1.19 bits per heavy atom. The Balaban J connectivity index is 2.38. The van der Waals surface area contributed by atoms with Gasteiger partial charge in [-0.15, -0.1) is 0 Å². The third-order valence-corrected chi connectivity index (χ3v) is 3.35. The lowest BCUT2D eigenvalue weighted by atomic mass is 9.93. The van der Waals surface area contributed by atoms with Crippen LogP contribution in [0.2, 0.25) is 0 Å².